The van der Waals surface area contributed by atoms with Crippen LogP contribution in [0.5, 0.6) is 0 Å². The molecule has 15 heavy (non-hydrogen) atoms. The van der Waals surface area contributed by atoms with Crippen LogP contribution >= 0.6 is 0 Å². The number of hydrogen-bond donors (Lipinski definition) is 1. The van der Waals surface area contributed by atoms with E-state index >= 15 is 0 Å². The highest BCUT2D eigenvalue weighted by Crippen LogP contribution is 2.08. The monoisotopic (exact) mass is 213 g/mol. The lowest BCUT2D eigenvalue weighted by molar-refractivity contribution is -0.138. The molecular weight excluding hydrogens is 190 g/mol. The molecule has 3 heteroatoms. The number of ether oxygens (including phenoxy) is 1. The lowest BCUT2D eigenvalue weighted by Crippen LogP contribution is -2.25. The van der Waals surface area contributed by atoms with E-state index in [1.807, 2.05) is 20.0 Å². The molecule has 0 aromatic rings. The standard InChI is InChI=1S/C12H23NO2/c1-6-15-12(14)10(4)8-11(13-5)7-9(2)3/h8-9,11,13H,6-7H2,1-5H3/b10-8+/t11-/m0/s1. The first kappa shape index (κ1) is 14.2. The second kappa shape index (κ2) is 7.46. The smallest absolute Gasteiger partial charge is 0.333 e. The minimum Gasteiger partial charge on any atom is -0.463 e. The molecule has 0 rings (SSSR count). The number of rotatable bonds is 6. The van der Waals surface area contributed by atoms with Gasteiger partial charge in [-0.3, -0.25) is 0 Å². The Kier molecular flexibility index (Phi) is 7.05. The van der Waals surface area contributed by atoms with E-state index in [2.05, 4.69) is 19.2 Å². The summed E-state index contributed by atoms with van der Waals surface area (Å²) < 4.78 is 4.92. The van der Waals surface area contributed by atoms with Gasteiger partial charge in [0.05, 0.1) is 6.61 Å². The topological polar surface area (TPSA) is 38.3 Å². The van der Waals surface area contributed by atoms with Crippen LogP contribution in [0.15, 0.2) is 11.6 Å². The molecule has 0 saturated heterocycles. The molecular formula is C12H23NO2. The summed E-state index contributed by atoms with van der Waals surface area (Å²) >= 11 is 0. The van der Waals surface area contributed by atoms with E-state index in [0.717, 1.165) is 6.42 Å². The molecule has 1 atom stereocenters. The zero-order chi connectivity index (χ0) is 11.8. The first-order chi connectivity index (χ1) is 7.01. The highest BCUT2D eigenvalue weighted by Gasteiger charge is 2.10. The van der Waals surface area contributed by atoms with Crippen molar-refractivity contribution >= 4 is 5.97 Å². The fourth-order valence-electron chi connectivity index (χ4n) is 1.39. The van der Waals surface area contributed by atoms with Crippen molar-refractivity contribution in [2.75, 3.05) is 13.7 Å². The lowest BCUT2D eigenvalue weighted by atomic mass is 10.0. The van der Waals surface area contributed by atoms with Gasteiger partial charge in [-0.25, -0.2) is 4.79 Å². The van der Waals surface area contributed by atoms with E-state index in [0.29, 0.717) is 18.1 Å². The van der Waals surface area contributed by atoms with Gasteiger partial charge in [-0.1, -0.05) is 19.9 Å². The van der Waals surface area contributed by atoms with E-state index < -0.39 is 0 Å². The van der Waals surface area contributed by atoms with Crippen molar-refractivity contribution in [1.82, 2.24) is 5.32 Å². The van der Waals surface area contributed by atoms with Crippen LogP contribution in [0.1, 0.15) is 34.1 Å². The van der Waals surface area contributed by atoms with Gasteiger partial charge < -0.3 is 10.1 Å². The highest BCUT2D eigenvalue weighted by atomic mass is 16.5. The molecule has 0 radical (unpaired) electrons. The number of carbonyl (C=O) groups excluding carboxylic acids is 1. The largest absolute Gasteiger partial charge is 0.463 e. The van der Waals surface area contributed by atoms with Crippen molar-refractivity contribution < 1.29 is 9.53 Å². The summed E-state index contributed by atoms with van der Waals surface area (Å²) in [6.45, 7) is 8.37. The second-order valence-corrected chi connectivity index (χ2v) is 4.09. The number of nitrogens with one attached hydrogen (secondary N) is 1. The van der Waals surface area contributed by atoms with Gasteiger partial charge in [0.1, 0.15) is 0 Å². The Morgan fingerprint density at radius 3 is 2.47 bits per heavy atom. The summed E-state index contributed by atoms with van der Waals surface area (Å²) in [5.41, 5.74) is 0.678. The van der Waals surface area contributed by atoms with E-state index in [9.17, 15) is 4.79 Å². The van der Waals surface area contributed by atoms with Gasteiger partial charge in [0.15, 0.2) is 0 Å². The zero-order valence-corrected chi connectivity index (χ0v) is 10.5. The van der Waals surface area contributed by atoms with Gasteiger partial charge in [-0.15, -0.1) is 0 Å². The van der Waals surface area contributed by atoms with Crippen LogP contribution in [0.25, 0.3) is 0 Å². The molecule has 0 aromatic carbocycles. The third-order valence-corrected chi connectivity index (χ3v) is 2.14. The number of carbonyl (C=O) groups is 1. The van der Waals surface area contributed by atoms with Crippen LogP contribution in [0.2, 0.25) is 0 Å². The molecule has 3 nitrogen and oxygen atoms in total. The Morgan fingerprint density at radius 2 is 2.07 bits per heavy atom. The van der Waals surface area contributed by atoms with Crippen molar-refractivity contribution in [3.05, 3.63) is 11.6 Å². The number of hydrogen-bond acceptors (Lipinski definition) is 3. The van der Waals surface area contributed by atoms with E-state index in [1.165, 1.54) is 0 Å². The molecule has 0 heterocycles. The normalized spacial score (nSPS) is 14.1. The summed E-state index contributed by atoms with van der Waals surface area (Å²) in [6.07, 6.45) is 2.96. The maximum atomic E-state index is 11.4. The first-order valence-corrected chi connectivity index (χ1v) is 5.54. The van der Waals surface area contributed by atoms with E-state index in [4.69, 9.17) is 4.74 Å². The zero-order valence-electron chi connectivity index (χ0n) is 10.5. The Hall–Kier alpha value is -0.830. The van der Waals surface area contributed by atoms with Gasteiger partial charge in [0.2, 0.25) is 0 Å². The van der Waals surface area contributed by atoms with Crippen LogP contribution in [0, 0.1) is 5.92 Å². The molecule has 0 aromatic heterocycles. The molecule has 0 unspecified atom stereocenters. The highest BCUT2D eigenvalue weighted by molar-refractivity contribution is 5.87. The van der Waals surface area contributed by atoms with Crippen molar-refractivity contribution in [3.8, 4) is 0 Å². The Morgan fingerprint density at radius 1 is 1.47 bits per heavy atom. The molecule has 0 aliphatic rings. The molecule has 0 aliphatic heterocycles. The summed E-state index contributed by atoms with van der Waals surface area (Å²) in [7, 11) is 1.90. The molecule has 0 fully saturated rings. The average Bonchev–Trinajstić information content (AvgIpc) is 2.16. The maximum Gasteiger partial charge on any atom is 0.333 e. The van der Waals surface area contributed by atoms with Gasteiger partial charge in [0.25, 0.3) is 0 Å². The Balaban J connectivity index is 4.34. The quantitative estimate of drug-likeness (QED) is 0.542. The second-order valence-electron chi connectivity index (χ2n) is 4.09. The molecule has 0 bridgehead atoms. The van der Waals surface area contributed by atoms with Crippen molar-refractivity contribution in [3.63, 3.8) is 0 Å². The Bertz CT molecular complexity index is 222. The predicted octanol–water partition coefficient (Wildman–Crippen LogP) is 2.13. The van der Waals surface area contributed by atoms with Crippen LogP contribution in [-0.4, -0.2) is 25.7 Å². The van der Waals surface area contributed by atoms with Gasteiger partial charge >= 0.3 is 5.97 Å². The molecule has 1 N–H and O–H groups in total. The Labute approximate surface area is 92.9 Å². The van der Waals surface area contributed by atoms with Crippen LogP contribution in [0.3, 0.4) is 0 Å². The summed E-state index contributed by atoms with van der Waals surface area (Å²) in [4.78, 5) is 11.4. The summed E-state index contributed by atoms with van der Waals surface area (Å²) in [5.74, 6) is 0.384. The fourth-order valence-corrected chi connectivity index (χ4v) is 1.39. The average molecular weight is 213 g/mol. The van der Waals surface area contributed by atoms with Crippen molar-refractivity contribution in [1.29, 1.82) is 0 Å². The first-order valence-electron chi connectivity index (χ1n) is 5.54. The van der Waals surface area contributed by atoms with Gasteiger partial charge in [0, 0.05) is 11.6 Å². The third kappa shape index (κ3) is 6.28. The molecule has 0 aliphatic carbocycles. The van der Waals surface area contributed by atoms with Crippen LogP contribution in [0.4, 0.5) is 0 Å². The summed E-state index contributed by atoms with van der Waals surface area (Å²) in [6, 6.07) is 0.245. The van der Waals surface area contributed by atoms with E-state index in [1.54, 1.807) is 6.92 Å². The van der Waals surface area contributed by atoms with E-state index in [-0.39, 0.29) is 12.0 Å². The summed E-state index contributed by atoms with van der Waals surface area (Å²) in [5, 5.41) is 3.18. The van der Waals surface area contributed by atoms with Crippen LogP contribution < -0.4 is 5.32 Å². The predicted molar refractivity (Wildman–Crippen MR) is 62.7 cm³/mol. The van der Waals surface area contributed by atoms with Crippen molar-refractivity contribution in [2.24, 2.45) is 5.92 Å². The van der Waals surface area contributed by atoms with Gasteiger partial charge in [-0.05, 0) is 33.2 Å². The molecule has 0 spiro atoms. The lowest BCUT2D eigenvalue weighted by Gasteiger charge is -2.15. The number of esters is 1. The molecule has 0 amide bonds. The third-order valence-electron chi connectivity index (χ3n) is 2.14. The number of likely N-dealkylation sites (N-methyl/N-ethyl adjacent to an activating group) is 1. The minimum absolute atomic E-state index is 0.221. The SMILES string of the molecule is CCOC(=O)/C(C)=C/[C@H](CC(C)C)NC. The molecule has 88 valence electrons. The molecule has 0 saturated carbocycles. The minimum atomic E-state index is -0.221. The fraction of sp³-hybridized carbons (Fsp3) is 0.750. The van der Waals surface area contributed by atoms with Crippen molar-refractivity contribution in [2.45, 2.75) is 40.2 Å². The van der Waals surface area contributed by atoms with Gasteiger partial charge in [-0.2, -0.15) is 0 Å². The maximum absolute atomic E-state index is 11.4. The van der Waals surface area contributed by atoms with Crippen LogP contribution in [-0.2, 0) is 9.53 Å².